The van der Waals surface area contributed by atoms with Crippen molar-refractivity contribution < 1.29 is 14.7 Å². The van der Waals surface area contributed by atoms with Crippen molar-refractivity contribution in [3.05, 3.63) is 65.9 Å². The maximum Gasteiger partial charge on any atom is 0.303 e. The third-order valence-electron chi connectivity index (χ3n) is 4.03. The average Bonchev–Trinajstić information content (AvgIpc) is 3.11. The Labute approximate surface area is 141 Å². The van der Waals surface area contributed by atoms with Crippen LogP contribution in [0.25, 0.3) is 0 Å². The summed E-state index contributed by atoms with van der Waals surface area (Å²) in [5.74, 6) is 5.26. The van der Waals surface area contributed by atoms with Crippen LogP contribution in [0.2, 0.25) is 0 Å². The van der Waals surface area contributed by atoms with Crippen molar-refractivity contribution in [1.29, 1.82) is 0 Å². The number of aliphatic carboxylic acids is 1. The van der Waals surface area contributed by atoms with E-state index in [2.05, 4.69) is 17.1 Å². The van der Waals surface area contributed by atoms with Crippen LogP contribution in [0.1, 0.15) is 37.8 Å². The van der Waals surface area contributed by atoms with Crippen molar-refractivity contribution in [2.24, 2.45) is 5.90 Å². The molecular weight excluding hydrogens is 306 g/mol. The van der Waals surface area contributed by atoms with Gasteiger partial charge >= 0.3 is 5.97 Å². The molecule has 3 N–H and O–H groups in total. The second-order valence-corrected chi connectivity index (χ2v) is 5.69. The first-order valence-electron chi connectivity index (χ1n) is 7.91. The predicted octanol–water partition coefficient (Wildman–Crippen LogP) is 3.09. The van der Waals surface area contributed by atoms with Gasteiger partial charge in [-0.15, -0.1) is 0 Å². The van der Waals surface area contributed by atoms with Gasteiger partial charge in [-0.25, -0.2) is 4.98 Å². The van der Waals surface area contributed by atoms with Gasteiger partial charge in [0.05, 0.1) is 12.4 Å². The monoisotopic (exact) mass is 329 g/mol. The molecule has 1 unspecified atom stereocenters. The lowest BCUT2D eigenvalue weighted by molar-refractivity contribution is -0.137. The smallest absolute Gasteiger partial charge is 0.303 e. The Morgan fingerprint density at radius 2 is 2.08 bits per heavy atom. The van der Waals surface area contributed by atoms with Gasteiger partial charge < -0.3 is 14.5 Å². The Hall–Kier alpha value is -2.60. The summed E-state index contributed by atoms with van der Waals surface area (Å²) in [6, 6.07) is 10.2. The Morgan fingerprint density at radius 3 is 2.67 bits per heavy atom. The first kappa shape index (κ1) is 17.7. The Kier molecular flexibility index (Phi) is 6.57. The molecule has 6 nitrogen and oxygen atoms in total. The molecule has 0 amide bonds. The number of aromatic nitrogens is 2. The molecule has 128 valence electrons. The number of imidazole rings is 1. The van der Waals surface area contributed by atoms with Crippen LogP contribution >= 0.6 is 0 Å². The molecule has 0 saturated heterocycles. The number of allylic oxidation sites excluding steroid dienone is 2. The Bertz CT molecular complexity index is 666. The molecule has 0 saturated carbocycles. The molecule has 0 aliphatic rings. The molecule has 1 heterocycles. The van der Waals surface area contributed by atoms with Gasteiger partial charge in [-0.1, -0.05) is 30.3 Å². The first-order chi connectivity index (χ1) is 11.6. The maximum atomic E-state index is 10.7. The fourth-order valence-corrected chi connectivity index (χ4v) is 2.71. The van der Waals surface area contributed by atoms with E-state index in [1.807, 2.05) is 35.9 Å². The summed E-state index contributed by atoms with van der Waals surface area (Å²) in [5, 5.41) is 8.79. The normalized spacial score (nSPS) is 13.2. The SMILES string of the molecule is CC(=C(CCCC(=O)O)ON)C(Cc1ccccc1)n1ccnc1. The molecule has 0 aliphatic carbocycles. The number of nitrogens with two attached hydrogens (primary N) is 1. The molecule has 6 heteroatoms. The lowest BCUT2D eigenvalue weighted by Gasteiger charge is -2.22. The number of hydrogen-bond donors (Lipinski definition) is 2. The standard InChI is InChI=1S/C18H23N3O3/c1-14(17(24-19)8-5-9-18(22)23)16(21-11-10-20-13-21)12-15-6-3-2-4-7-15/h2-4,6-7,10-11,13,16H,5,8-9,12,19H2,1H3,(H,22,23). The van der Waals surface area contributed by atoms with E-state index in [4.69, 9.17) is 15.8 Å². The number of carbonyl (C=O) groups is 1. The highest BCUT2D eigenvalue weighted by Gasteiger charge is 2.18. The summed E-state index contributed by atoms with van der Waals surface area (Å²) >= 11 is 0. The topological polar surface area (TPSA) is 90.4 Å². The number of rotatable bonds is 9. The molecule has 24 heavy (non-hydrogen) atoms. The number of carboxylic acid groups (broad SMARTS) is 1. The fraction of sp³-hybridized carbons (Fsp3) is 0.333. The van der Waals surface area contributed by atoms with E-state index in [1.165, 1.54) is 5.56 Å². The van der Waals surface area contributed by atoms with Gasteiger partial charge in [-0.3, -0.25) is 4.79 Å². The highest BCUT2D eigenvalue weighted by atomic mass is 16.6. The van der Waals surface area contributed by atoms with Crippen LogP contribution in [0, 0.1) is 0 Å². The van der Waals surface area contributed by atoms with Crippen LogP contribution in [0.3, 0.4) is 0 Å². The van der Waals surface area contributed by atoms with E-state index < -0.39 is 5.97 Å². The second-order valence-electron chi connectivity index (χ2n) is 5.69. The molecule has 2 rings (SSSR count). The van der Waals surface area contributed by atoms with Crippen molar-refractivity contribution in [2.75, 3.05) is 0 Å². The van der Waals surface area contributed by atoms with Gasteiger partial charge in [0, 0.05) is 25.2 Å². The van der Waals surface area contributed by atoms with Gasteiger partial charge in [0.1, 0.15) is 5.76 Å². The number of benzene rings is 1. The zero-order valence-corrected chi connectivity index (χ0v) is 13.8. The van der Waals surface area contributed by atoms with Gasteiger partial charge in [0.15, 0.2) is 0 Å². The van der Waals surface area contributed by atoms with Crippen molar-refractivity contribution in [1.82, 2.24) is 9.55 Å². The van der Waals surface area contributed by atoms with E-state index in [0.29, 0.717) is 18.6 Å². The number of carboxylic acids is 1. The van der Waals surface area contributed by atoms with Crippen LogP contribution in [-0.2, 0) is 16.1 Å². The first-order valence-corrected chi connectivity index (χ1v) is 7.91. The second kappa shape index (κ2) is 8.88. The molecule has 0 fully saturated rings. The van der Waals surface area contributed by atoms with Gasteiger partial charge in [0.25, 0.3) is 0 Å². The van der Waals surface area contributed by atoms with Crippen LogP contribution < -0.4 is 5.90 Å². The summed E-state index contributed by atoms with van der Waals surface area (Å²) < 4.78 is 2.01. The lowest BCUT2D eigenvalue weighted by Crippen LogP contribution is -2.16. The average molecular weight is 329 g/mol. The van der Waals surface area contributed by atoms with Crippen molar-refractivity contribution in [3.8, 4) is 0 Å². The van der Waals surface area contributed by atoms with Gasteiger partial charge in [-0.2, -0.15) is 5.90 Å². The molecule has 0 bridgehead atoms. The Morgan fingerprint density at radius 1 is 1.33 bits per heavy atom. The minimum absolute atomic E-state index is 0.0123. The molecule has 1 aromatic carbocycles. The zero-order chi connectivity index (χ0) is 17.4. The third kappa shape index (κ3) is 4.96. The fourth-order valence-electron chi connectivity index (χ4n) is 2.71. The summed E-state index contributed by atoms with van der Waals surface area (Å²) in [6.07, 6.45) is 7.25. The van der Waals surface area contributed by atoms with Crippen LogP contribution in [0.4, 0.5) is 0 Å². The molecular formula is C18H23N3O3. The van der Waals surface area contributed by atoms with E-state index >= 15 is 0 Å². The molecule has 0 aliphatic heterocycles. The number of nitrogens with zero attached hydrogens (tertiary/aromatic N) is 2. The lowest BCUT2D eigenvalue weighted by atomic mass is 9.97. The van der Waals surface area contributed by atoms with E-state index in [0.717, 1.165) is 12.0 Å². The van der Waals surface area contributed by atoms with E-state index in [9.17, 15) is 4.79 Å². The summed E-state index contributed by atoms with van der Waals surface area (Å²) in [4.78, 5) is 19.9. The summed E-state index contributed by atoms with van der Waals surface area (Å²) in [5.41, 5.74) is 2.17. The summed E-state index contributed by atoms with van der Waals surface area (Å²) in [7, 11) is 0. The molecule has 2 aromatic rings. The van der Waals surface area contributed by atoms with Crippen molar-refractivity contribution in [2.45, 2.75) is 38.6 Å². The van der Waals surface area contributed by atoms with Crippen LogP contribution in [0.5, 0.6) is 0 Å². The third-order valence-corrected chi connectivity index (χ3v) is 4.03. The number of hydrogen-bond acceptors (Lipinski definition) is 4. The predicted molar refractivity (Wildman–Crippen MR) is 90.9 cm³/mol. The van der Waals surface area contributed by atoms with E-state index in [-0.39, 0.29) is 12.5 Å². The van der Waals surface area contributed by atoms with Gasteiger partial charge in [-0.05, 0) is 30.9 Å². The Balaban J connectivity index is 2.23. The largest absolute Gasteiger partial charge is 0.481 e. The molecule has 1 atom stereocenters. The quantitative estimate of drug-likeness (QED) is 0.545. The van der Waals surface area contributed by atoms with Crippen LogP contribution in [0.15, 0.2) is 60.4 Å². The minimum atomic E-state index is -0.820. The minimum Gasteiger partial charge on any atom is -0.481 e. The summed E-state index contributed by atoms with van der Waals surface area (Å²) in [6.45, 7) is 1.97. The van der Waals surface area contributed by atoms with Crippen LogP contribution in [-0.4, -0.2) is 20.6 Å². The molecule has 0 spiro atoms. The van der Waals surface area contributed by atoms with Crippen molar-refractivity contribution >= 4 is 5.97 Å². The van der Waals surface area contributed by atoms with Gasteiger partial charge in [0.2, 0.25) is 0 Å². The molecule has 0 radical (unpaired) electrons. The molecule has 1 aromatic heterocycles. The van der Waals surface area contributed by atoms with E-state index in [1.54, 1.807) is 12.5 Å². The highest BCUT2D eigenvalue weighted by Crippen LogP contribution is 2.27. The highest BCUT2D eigenvalue weighted by molar-refractivity contribution is 5.66. The zero-order valence-electron chi connectivity index (χ0n) is 13.8. The maximum absolute atomic E-state index is 10.7. The van der Waals surface area contributed by atoms with Crippen molar-refractivity contribution in [3.63, 3.8) is 0 Å².